The number of hydrogen-bond acceptors (Lipinski definition) is 4. The van der Waals surface area contributed by atoms with Crippen LogP contribution in [0.15, 0.2) is 41.4 Å². The summed E-state index contributed by atoms with van der Waals surface area (Å²) in [6.07, 6.45) is 3.53. The van der Waals surface area contributed by atoms with E-state index >= 15 is 0 Å². The van der Waals surface area contributed by atoms with Gasteiger partial charge in [0.2, 0.25) is 10.0 Å². The van der Waals surface area contributed by atoms with Gasteiger partial charge in [0.15, 0.2) is 0 Å². The molecule has 5 nitrogen and oxygen atoms in total. The van der Waals surface area contributed by atoms with Gasteiger partial charge in [-0.1, -0.05) is 18.2 Å². The first kappa shape index (κ1) is 14.0. The van der Waals surface area contributed by atoms with E-state index < -0.39 is 10.0 Å². The third-order valence-electron chi connectivity index (χ3n) is 3.58. The average Bonchev–Trinajstić information content (AvgIpc) is 3.31. The Morgan fingerprint density at radius 3 is 2.76 bits per heavy atom. The molecular weight excluding hydrogens is 286 g/mol. The summed E-state index contributed by atoms with van der Waals surface area (Å²) in [5, 5.41) is 9.54. The second-order valence-electron chi connectivity index (χ2n) is 5.09. The first-order valence-corrected chi connectivity index (χ1v) is 8.31. The van der Waals surface area contributed by atoms with Gasteiger partial charge in [-0.2, -0.15) is 9.57 Å². The van der Waals surface area contributed by atoms with Gasteiger partial charge in [0.25, 0.3) is 0 Å². The van der Waals surface area contributed by atoms with E-state index in [9.17, 15) is 8.42 Å². The van der Waals surface area contributed by atoms with Gasteiger partial charge in [-0.15, -0.1) is 0 Å². The van der Waals surface area contributed by atoms with Crippen LogP contribution in [0.3, 0.4) is 0 Å². The standard InChI is InChI=1S/C15H15N3O2S/c16-9-3-11-18(13-7-8-13)21(19,20)14-6-1-4-12-5-2-10-17-15(12)14/h1-2,4-6,10,13H,3,7-8,11H2. The van der Waals surface area contributed by atoms with E-state index in [0.717, 1.165) is 18.2 Å². The summed E-state index contributed by atoms with van der Waals surface area (Å²) >= 11 is 0. The molecule has 0 N–H and O–H groups in total. The number of hydrogen-bond donors (Lipinski definition) is 0. The maximum atomic E-state index is 12.9. The number of benzene rings is 1. The van der Waals surface area contributed by atoms with E-state index in [4.69, 9.17) is 5.26 Å². The van der Waals surface area contributed by atoms with Crippen molar-refractivity contribution in [1.82, 2.24) is 9.29 Å². The summed E-state index contributed by atoms with van der Waals surface area (Å²) in [5.74, 6) is 0. The second-order valence-corrected chi connectivity index (χ2v) is 6.95. The van der Waals surface area contributed by atoms with E-state index in [1.807, 2.05) is 18.2 Å². The highest BCUT2D eigenvalue weighted by Gasteiger charge is 2.38. The zero-order chi connectivity index (χ0) is 14.9. The Balaban J connectivity index is 2.09. The predicted molar refractivity (Wildman–Crippen MR) is 78.9 cm³/mol. The molecule has 1 saturated carbocycles. The fourth-order valence-electron chi connectivity index (χ4n) is 2.43. The summed E-state index contributed by atoms with van der Waals surface area (Å²) in [6, 6.07) is 10.8. The zero-order valence-corrected chi connectivity index (χ0v) is 12.3. The van der Waals surface area contributed by atoms with Crippen LogP contribution in [0.2, 0.25) is 0 Å². The van der Waals surface area contributed by atoms with Crippen molar-refractivity contribution in [2.24, 2.45) is 0 Å². The minimum atomic E-state index is -3.62. The van der Waals surface area contributed by atoms with Gasteiger partial charge >= 0.3 is 0 Å². The van der Waals surface area contributed by atoms with E-state index in [1.165, 1.54) is 4.31 Å². The van der Waals surface area contributed by atoms with Gasteiger partial charge in [0.1, 0.15) is 4.90 Å². The van der Waals surface area contributed by atoms with Crippen LogP contribution in [0, 0.1) is 11.3 Å². The van der Waals surface area contributed by atoms with Crippen molar-refractivity contribution in [3.63, 3.8) is 0 Å². The summed E-state index contributed by atoms with van der Waals surface area (Å²) in [7, 11) is -3.62. The molecule has 0 unspecified atom stereocenters. The molecule has 0 spiro atoms. The fraction of sp³-hybridized carbons (Fsp3) is 0.333. The van der Waals surface area contributed by atoms with Gasteiger partial charge < -0.3 is 0 Å². The third kappa shape index (κ3) is 2.62. The normalized spacial score (nSPS) is 15.2. The van der Waals surface area contributed by atoms with Crippen molar-refractivity contribution in [3.8, 4) is 6.07 Å². The Morgan fingerprint density at radius 2 is 2.05 bits per heavy atom. The van der Waals surface area contributed by atoms with Crippen molar-refractivity contribution in [3.05, 3.63) is 36.5 Å². The van der Waals surface area contributed by atoms with E-state index in [-0.39, 0.29) is 23.9 Å². The monoisotopic (exact) mass is 301 g/mol. The quantitative estimate of drug-likeness (QED) is 0.849. The van der Waals surface area contributed by atoms with Crippen molar-refractivity contribution in [1.29, 1.82) is 5.26 Å². The van der Waals surface area contributed by atoms with E-state index in [1.54, 1.807) is 24.4 Å². The Hall–Kier alpha value is -1.97. The van der Waals surface area contributed by atoms with Crippen LogP contribution in [-0.2, 0) is 10.0 Å². The van der Waals surface area contributed by atoms with Crippen LogP contribution in [-0.4, -0.2) is 30.3 Å². The maximum Gasteiger partial charge on any atom is 0.245 e. The highest BCUT2D eigenvalue weighted by Crippen LogP contribution is 2.33. The molecule has 1 aromatic carbocycles. The van der Waals surface area contributed by atoms with Crippen LogP contribution in [0.1, 0.15) is 19.3 Å². The first-order chi connectivity index (χ1) is 10.1. The number of rotatable bonds is 5. The minimum Gasteiger partial charge on any atom is -0.255 e. The molecule has 0 aliphatic heterocycles. The number of pyridine rings is 1. The Morgan fingerprint density at radius 1 is 1.29 bits per heavy atom. The van der Waals surface area contributed by atoms with Gasteiger partial charge in [-0.3, -0.25) is 4.98 Å². The molecule has 0 amide bonds. The number of para-hydroxylation sites is 1. The summed E-state index contributed by atoms with van der Waals surface area (Å²) in [6.45, 7) is 0.243. The lowest BCUT2D eigenvalue weighted by molar-refractivity contribution is 0.411. The molecular formula is C15H15N3O2S. The third-order valence-corrected chi connectivity index (χ3v) is 5.56. The Labute approximate surface area is 123 Å². The SMILES string of the molecule is N#CCCN(C1CC1)S(=O)(=O)c1cccc2cccnc12. The Kier molecular flexibility index (Phi) is 3.62. The van der Waals surface area contributed by atoms with Gasteiger partial charge in [-0.05, 0) is 25.0 Å². The van der Waals surface area contributed by atoms with Crippen molar-refractivity contribution in [2.75, 3.05) is 6.54 Å². The Bertz CT molecular complexity index is 802. The van der Waals surface area contributed by atoms with E-state index in [0.29, 0.717) is 5.52 Å². The number of nitrogens with zero attached hydrogens (tertiary/aromatic N) is 3. The molecule has 1 aliphatic carbocycles. The molecule has 1 aromatic heterocycles. The molecule has 108 valence electrons. The van der Waals surface area contributed by atoms with Crippen LogP contribution >= 0.6 is 0 Å². The molecule has 0 radical (unpaired) electrons. The molecule has 1 fully saturated rings. The lowest BCUT2D eigenvalue weighted by Crippen LogP contribution is -2.34. The van der Waals surface area contributed by atoms with Gasteiger partial charge in [-0.25, -0.2) is 8.42 Å². The molecule has 0 saturated heterocycles. The zero-order valence-electron chi connectivity index (χ0n) is 11.4. The highest BCUT2D eigenvalue weighted by atomic mass is 32.2. The lowest BCUT2D eigenvalue weighted by Gasteiger charge is -2.21. The van der Waals surface area contributed by atoms with Crippen molar-refractivity contribution in [2.45, 2.75) is 30.2 Å². The van der Waals surface area contributed by atoms with Crippen LogP contribution in [0.25, 0.3) is 10.9 Å². The number of aromatic nitrogens is 1. The van der Waals surface area contributed by atoms with Gasteiger partial charge in [0.05, 0.1) is 11.6 Å². The number of fused-ring (bicyclic) bond motifs is 1. The smallest absolute Gasteiger partial charge is 0.245 e. The highest BCUT2D eigenvalue weighted by molar-refractivity contribution is 7.89. The molecule has 3 rings (SSSR count). The maximum absolute atomic E-state index is 12.9. The summed E-state index contributed by atoms with van der Waals surface area (Å²) in [5.41, 5.74) is 0.489. The molecule has 1 heterocycles. The molecule has 0 bridgehead atoms. The largest absolute Gasteiger partial charge is 0.255 e. The van der Waals surface area contributed by atoms with Crippen LogP contribution in [0.5, 0.6) is 0 Å². The van der Waals surface area contributed by atoms with E-state index in [2.05, 4.69) is 4.98 Å². The van der Waals surface area contributed by atoms with Crippen LogP contribution < -0.4 is 0 Å². The lowest BCUT2D eigenvalue weighted by atomic mass is 10.2. The van der Waals surface area contributed by atoms with Gasteiger partial charge in [0, 0.05) is 30.6 Å². The molecule has 2 aromatic rings. The number of nitriles is 1. The summed E-state index contributed by atoms with van der Waals surface area (Å²) < 4.78 is 27.3. The first-order valence-electron chi connectivity index (χ1n) is 6.87. The average molecular weight is 301 g/mol. The molecule has 21 heavy (non-hydrogen) atoms. The number of sulfonamides is 1. The van der Waals surface area contributed by atoms with Crippen molar-refractivity contribution >= 4 is 20.9 Å². The minimum absolute atomic E-state index is 0.0299. The predicted octanol–water partition coefficient (Wildman–Crippen LogP) is 2.30. The van der Waals surface area contributed by atoms with Crippen molar-refractivity contribution < 1.29 is 8.42 Å². The fourth-order valence-corrected chi connectivity index (χ4v) is 4.29. The molecule has 0 atom stereocenters. The molecule has 1 aliphatic rings. The second kappa shape index (κ2) is 5.43. The summed E-state index contributed by atoms with van der Waals surface area (Å²) in [4.78, 5) is 4.45. The topological polar surface area (TPSA) is 74.1 Å². The molecule has 6 heteroatoms. The van der Waals surface area contributed by atoms with Crippen LogP contribution in [0.4, 0.5) is 0 Å².